The highest BCUT2D eigenvalue weighted by molar-refractivity contribution is 8.32. The van der Waals surface area contributed by atoms with Crippen LogP contribution in [0.4, 0.5) is 0 Å². The summed E-state index contributed by atoms with van der Waals surface area (Å²) in [5, 5.41) is 23.6. The summed E-state index contributed by atoms with van der Waals surface area (Å²) < 4.78 is 5.35. The molecule has 0 aromatic rings. The van der Waals surface area contributed by atoms with Gasteiger partial charge in [0.15, 0.2) is 0 Å². The summed E-state index contributed by atoms with van der Waals surface area (Å²) in [6.45, 7) is 5.45. The summed E-state index contributed by atoms with van der Waals surface area (Å²) in [5.41, 5.74) is 0.344. The summed E-state index contributed by atoms with van der Waals surface area (Å²) in [7, 11) is 0.727. The van der Waals surface area contributed by atoms with Crippen molar-refractivity contribution in [1.82, 2.24) is 0 Å². The van der Waals surface area contributed by atoms with Crippen molar-refractivity contribution in [3.63, 3.8) is 0 Å². The minimum Gasteiger partial charge on any atom is -0.390 e. The summed E-state index contributed by atoms with van der Waals surface area (Å²) in [5.74, 6) is 0.639. The predicted octanol–water partition coefficient (Wildman–Crippen LogP) is 1.42. The maximum atomic E-state index is 10.0. The van der Waals surface area contributed by atoms with Gasteiger partial charge in [0, 0.05) is 7.11 Å². The summed E-state index contributed by atoms with van der Waals surface area (Å²) in [4.78, 5) is 5.34. The molecule has 5 nitrogen and oxygen atoms in total. The molecule has 2 N–H and O–H groups in total. The second kappa shape index (κ2) is 8.09. The average molecular weight is 295 g/mol. The number of aliphatic hydroxyl groups is 2. The first-order chi connectivity index (χ1) is 8.60. The quantitative estimate of drug-likeness (QED) is 0.525. The van der Waals surface area contributed by atoms with Gasteiger partial charge < -0.3 is 19.8 Å². The molecule has 0 saturated carbocycles. The third-order valence-corrected chi connectivity index (χ3v) is 3.30. The number of ether oxygens (including phenoxy) is 1. The molecule has 3 atom stereocenters. The molecule has 0 bridgehead atoms. The molecule has 6 heteroatoms. The van der Waals surface area contributed by atoms with E-state index in [0.717, 1.165) is 0 Å². The zero-order chi connectivity index (χ0) is 15.2. The molecule has 0 unspecified atom stereocenters. The van der Waals surface area contributed by atoms with Crippen LogP contribution in [0.1, 0.15) is 20.8 Å². The van der Waals surface area contributed by atoms with Crippen LogP contribution in [0.2, 0.25) is 0 Å². The Bertz CT molecular complexity index is 287. The predicted molar refractivity (Wildman–Crippen MR) is 82.1 cm³/mol. The highest BCUT2D eigenvalue weighted by Crippen LogP contribution is 2.34. The van der Waals surface area contributed by atoms with Crippen LogP contribution in [-0.4, -0.2) is 66.1 Å². The molecule has 0 saturated heterocycles. The molecule has 0 radical (unpaired) electrons. The molecule has 0 aliphatic carbocycles. The van der Waals surface area contributed by atoms with Crippen LogP contribution in [0.5, 0.6) is 0 Å². The number of oxime groups is 1. The molecule has 0 rings (SSSR count). The Morgan fingerprint density at radius 1 is 1.16 bits per heavy atom. The maximum Gasteiger partial charge on any atom is 0.147 e. The summed E-state index contributed by atoms with van der Waals surface area (Å²) >= 11 is 0. The third kappa shape index (κ3) is 7.15. The molecular weight excluding hydrogens is 266 g/mol. The monoisotopic (exact) mass is 295 g/mol. The number of methoxy groups -OCH3 is 1. The number of nitrogens with zero attached hydrogens (tertiary/aromatic N) is 1. The van der Waals surface area contributed by atoms with Crippen molar-refractivity contribution in [3.8, 4) is 0 Å². The summed E-state index contributed by atoms with van der Waals surface area (Å²) in [6.07, 6.45) is 3.97. The fourth-order valence-corrected chi connectivity index (χ4v) is 1.88. The molecule has 0 heterocycles. The van der Waals surface area contributed by atoms with Crippen LogP contribution in [-0.2, 0) is 9.57 Å². The van der Waals surface area contributed by atoms with Gasteiger partial charge in [-0.15, -0.1) is 0 Å². The first-order valence-corrected chi connectivity index (χ1v) is 9.37. The molecule has 0 amide bonds. The van der Waals surface area contributed by atoms with E-state index in [2.05, 4.69) is 23.9 Å². The molecule has 0 aliphatic rings. The Morgan fingerprint density at radius 2 is 1.68 bits per heavy atom. The lowest BCUT2D eigenvalue weighted by Crippen LogP contribution is -2.42. The van der Waals surface area contributed by atoms with E-state index in [4.69, 9.17) is 9.57 Å². The zero-order valence-corrected chi connectivity index (χ0v) is 13.9. The van der Waals surface area contributed by atoms with E-state index >= 15 is 0 Å². The number of aliphatic hydroxyl groups excluding tert-OH is 2. The molecule has 0 fully saturated rings. The van der Waals surface area contributed by atoms with E-state index in [0.29, 0.717) is 11.7 Å². The fourth-order valence-electron chi connectivity index (χ4n) is 1.51. The Kier molecular flexibility index (Phi) is 7.96. The van der Waals surface area contributed by atoms with Gasteiger partial charge in [-0.2, -0.15) is 0 Å². The van der Waals surface area contributed by atoms with Crippen molar-refractivity contribution < 1.29 is 19.8 Å². The SMILES string of the molecule is CO[C@H](/C(=N\OCS(C)(C)C)[C@@H](O)[C@@H](C)O)C(C)C. The Hall–Kier alpha value is -0.300. The van der Waals surface area contributed by atoms with Gasteiger partial charge in [0.2, 0.25) is 0 Å². The van der Waals surface area contributed by atoms with E-state index in [-0.39, 0.29) is 12.0 Å². The number of hydrogen-bond donors (Lipinski definition) is 2. The lowest BCUT2D eigenvalue weighted by atomic mass is 9.96. The van der Waals surface area contributed by atoms with Crippen molar-refractivity contribution in [3.05, 3.63) is 0 Å². The lowest BCUT2D eigenvalue weighted by Gasteiger charge is -2.27. The molecular formula is C13H29NO4S. The van der Waals surface area contributed by atoms with Crippen LogP contribution < -0.4 is 0 Å². The largest absolute Gasteiger partial charge is 0.390 e. The Labute approximate surface area is 118 Å². The van der Waals surface area contributed by atoms with Gasteiger partial charge in [-0.05, 0) is 31.6 Å². The highest BCUT2D eigenvalue weighted by Gasteiger charge is 2.29. The van der Waals surface area contributed by atoms with Crippen molar-refractivity contribution in [2.24, 2.45) is 11.1 Å². The van der Waals surface area contributed by atoms with E-state index < -0.39 is 22.2 Å². The molecule has 0 spiro atoms. The van der Waals surface area contributed by atoms with Gasteiger partial charge in [0.25, 0.3) is 0 Å². The average Bonchev–Trinajstić information content (AvgIpc) is 2.24. The van der Waals surface area contributed by atoms with Gasteiger partial charge in [-0.25, -0.2) is 10.0 Å². The highest BCUT2D eigenvalue weighted by atomic mass is 32.3. The topological polar surface area (TPSA) is 71.3 Å². The second-order valence-corrected chi connectivity index (χ2v) is 10.4. The zero-order valence-electron chi connectivity index (χ0n) is 13.1. The maximum absolute atomic E-state index is 10.0. The Balaban J connectivity index is 5.00. The standard InChI is InChI=1S/C13H29NO4S/c1-9(2)13(17-4)11(12(16)10(3)15)14-18-8-19(5,6)7/h9-10,12-13,15-16H,8H2,1-7H3/b14-11-/t10-,12+,13+/m1/s1. The van der Waals surface area contributed by atoms with Crippen LogP contribution >= 0.6 is 10.0 Å². The molecule has 0 aromatic carbocycles. The van der Waals surface area contributed by atoms with E-state index in [1.807, 2.05) is 13.8 Å². The van der Waals surface area contributed by atoms with Crippen LogP contribution in [0.3, 0.4) is 0 Å². The minimum atomic E-state index is -1.08. The first-order valence-electron chi connectivity index (χ1n) is 6.34. The van der Waals surface area contributed by atoms with Gasteiger partial charge in [0.05, 0.1) is 6.10 Å². The molecule has 116 valence electrons. The van der Waals surface area contributed by atoms with Crippen molar-refractivity contribution in [2.75, 3.05) is 31.8 Å². The van der Waals surface area contributed by atoms with Gasteiger partial charge in [-0.1, -0.05) is 19.0 Å². The number of hydrogen-bond acceptors (Lipinski definition) is 5. The lowest BCUT2D eigenvalue weighted by molar-refractivity contribution is 0.0469. The first kappa shape index (κ1) is 18.7. The van der Waals surface area contributed by atoms with E-state index in [9.17, 15) is 10.2 Å². The van der Waals surface area contributed by atoms with Crippen LogP contribution in [0.15, 0.2) is 5.16 Å². The van der Waals surface area contributed by atoms with Crippen LogP contribution in [0.25, 0.3) is 0 Å². The van der Waals surface area contributed by atoms with Crippen LogP contribution in [0, 0.1) is 5.92 Å². The van der Waals surface area contributed by atoms with Gasteiger partial charge >= 0.3 is 0 Å². The van der Waals surface area contributed by atoms with E-state index in [1.165, 1.54) is 6.92 Å². The summed E-state index contributed by atoms with van der Waals surface area (Å²) in [6, 6.07) is 0. The second-order valence-electron chi connectivity index (χ2n) is 5.94. The normalized spacial score (nSPS) is 19.2. The third-order valence-electron chi connectivity index (χ3n) is 2.49. The molecule has 0 aliphatic heterocycles. The minimum absolute atomic E-state index is 0.128. The number of rotatable bonds is 8. The fraction of sp³-hybridized carbons (Fsp3) is 0.923. The molecule has 0 aromatic heterocycles. The molecule has 19 heavy (non-hydrogen) atoms. The smallest absolute Gasteiger partial charge is 0.147 e. The van der Waals surface area contributed by atoms with Gasteiger partial charge in [0.1, 0.15) is 23.9 Å². The van der Waals surface area contributed by atoms with Crippen molar-refractivity contribution in [2.45, 2.75) is 39.1 Å². The van der Waals surface area contributed by atoms with E-state index in [1.54, 1.807) is 7.11 Å². The van der Waals surface area contributed by atoms with Crippen molar-refractivity contribution >= 4 is 15.7 Å². The van der Waals surface area contributed by atoms with Crippen molar-refractivity contribution in [1.29, 1.82) is 0 Å². The van der Waals surface area contributed by atoms with Gasteiger partial charge in [-0.3, -0.25) is 0 Å². The Morgan fingerprint density at radius 3 is 2.00 bits per heavy atom.